The van der Waals surface area contributed by atoms with Gasteiger partial charge in [0, 0.05) is 41.8 Å². The molecule has 0 bridgehead atoms. The number of nitrogens with two attached hydrogens (primary N) is 1. The van der Waals surface area contributed by atoms with E-state index >= 15 is 0 Å². The molecule has 2 heterocycles. The van der Waals surface area contributed by atoms with Gasteiger partial charge >= 0.3 is 6.09 Å². The summed E-state index contributed by atoms with van der Waals surface area (Å²) < 4.78 is 5.46. The number of H-pyrrole nitrogens is 1. The number of hydrogen-bond donors (Lipinski definition) is 3. The first-order valence-corrected chi connectivity index (χ1v) is 9.47. The number of carbonyl (C=O) groups excluding carboxylic acids is 2. The smallest absolute Gasteiger partial charge is 0.410 e. The lowest BCUT2D eigenvalue weighted by Crippen LogP contribution is -2.36. The quantitative estimate of drug-likeness (QED) is 0.751. The molecular weight excluding hydrogens is 356 g/mol. The van der Waals surface area contributed by atoms with Crippen LogP contribution in [0, 0.1) is 6.92 Å². The third-order valence-corrected chi connectivity index (χ3v) is 4.70. The van der Waals surface area contributed by atoms with Crippen molar-refractivity contribution in [2.45, 2.75) is 45.8 Å². The number of carbonyl (C=O) groups is 2. The highest BCUT2D eigenvalue weighted by atomic mass is 16.6. The number of likely N-dealkylation sites (tertiary alicyclic amines) is 1. The summed E-state index contributed by atoms with van der Waals surface area (Å²) in [4.78, 5) is 28.8. The summed E-state index contributed by atoms with van der Waals surface area (Å²) in [6.07, 6.45) is 0.556. The Balaban J connectivity index is 1.74. The van der Waals surface area contributed by atoms with E-state index in [1.165, 1.54) is 0 Å². The van der Waals surface area contributed by atoms with Crippen LogP contribution < -0.4 is 11.1 Å². The van der Waals surface area contributed by atoms with E-state index in [1.54, 1.807) is 11.0 Å². The first kappa shape index (κ1) is 19.8. The SMILES string of the molecule is Cc1[nH]c(-c2ccccc2N[C@@H]2CCN(C(=O)OC(C)(C)C)C2)cc1C(N)=O. The maximum absolute atomic E-state index is 12.3. The van der Waals surface area contributed by atoms with E-state index in [4.69, 9.17) is 10.5 Å². The number of nitrogens with one attached hydrogen (secondary N) is 2. The molecule has 1 aliphatic rings. The van der Waals surface area contributed by atoms with E-state index in [0.29, 0.717) is 18.7 Å². The number of benzene rings is 1. The molecule has 1 aromatic carbocycles. The molecule has 2 aromatic rings. The molecule has 4 N–H and O–H groups in total. The molecule has 0 saturated carbocycles. The van der Waals surface area contributed by atoms with Crippen molar-refractivity contribution < 1.29 is 14.3 Å². The monoisotopic (exact) mass is 384 g/mol. The lowest BCUT2D eigenvalue weighted by atomic mass is 10.1. The van der Waals surface area contributed by atoms with Gasteiger partial charge in [0.15, 0.2) is 0 Å². The number of hydrogen-bond acceptors (Lipinski definition) is 4. The number of nitrogens with zero attached hydrogens (tertiary/aromatic N) is 1. The van der Waals surface area contributed by atoms with Crippen LogP contribution in [0.2, 0.25) is 0 Å². The first-order chi connectivity index (χ1) is 13.1. The summed E-state index contributed by atoms with van der Waals surface area (Å²) in [5, 5.41) is 3.53. The summed E-state index contributed by atoms with van der Waals surface area (Å²) >= 11 is 0. The van der Waals surface area contributed by atoms with Crippen molar-refractivity contribution in [2.24, 2.45) is 5.73 Å². The van der Waals surface area contributed by atoms with Gasteiger partial charge in [-0.15, -0.1) is 0 Å². The maximum atomic E-state index is 12.3. The highest BCUT2D eigenvalue weighted by Crippen LogP contribution is 2.30. The zero-order chi connectivity index (χ0) is 20.5. The molecule has 2 amide bonds. The molecule has 0 spiro atoms. The second-order valence-electron chi connectivity index (χ2n) is 8.19. The molecule has 0 unspecified atom stereocenters. The van der Waals surface area contributed by atoms with Gasteiger partial charge in [-0.25, -0.2) is 4.79 Å². The largest absolute Gasteiger partial charge is 0.444 e. The molecule has 7 nitrogen and oxygen atoms in total. The topological polar surface area (TPSA) is 100 Å². The average molecular weight is 384 g/mol. The van der Waals surface area contributed by atoms with Crippen LogP contribution in [0.5, 0.6) is 0 Å². The third-order valence-electron chi connectivity index (χ3n) is 4.70. The van der Waals surface area contributed by atoms with Crippen molar-refractivity contribution in [1.29, 1.82) is 0 Å². The van der Waals surface area contributed by atoms with Gasteiger partial charge < -0.3 is 25.7 Å². The highest BCUT2D eigenvalue weighted by molar-refractivity contribution is 5.96. The summed E-state index contributed by atoms with van der Waals surface area (Å²) in [6.45, 7) is 8.67. The van der Waals surface area contributed by atoms with Gasteiger partial charge in [-0.1, -0.05) is 18.2 Å². The average Bonchev–Trinajstić information content (AvgIpc) is 3.21. The minimum absolute atomic E-state index is 0.125. The van der Waals surface area contributed by atoms with Crippen molar-refractivity contribution in [2.75, 3.05) is 18.4 Å². The van der Waals surface area contributed by atoms with Crippen LogP contribution in [0.4, 0.5) is 10.5 Å². The third kappa shape index (κ3) is 4.47. The summed E-state index contributed by atoms with van der Waals surface area (Å²) in [5.74, 6) is -0.450. The zero-order valence-electron chi connectivity index (χ0n) is 16.8. The molecule has 1 aromatic heterocycles. The highest BCUT2D eigenvalue weighted by Gasteiger charge is 2.30. The van der Waals surface area contributed by atoms with E-state index in [9.17, 15) is 9.59 Å². The number of aryl methyl sites for hydroxylation is 1. The molecule has 0 radical (unpaired) electrons. The number of para-hydroxylation sites is 1. The fourth-order valence-corrected chi connectivity index (χ4v) is 3.39. The van der Waals surface area contributed by atoms with Gasteiger partial charge in [0.2, 0.25) is 0 Å². The van der Waals surface area contributed by atoms with E-state index in [-0.39, 0.29) is 12.1 Å². The van der Waals surface area contributed by atoms with E-state index in [1.807, 2.05) is 52.0 Å². The Morgan fingerprint density at radius 2 is 2.00 bits per heavy atom. The van der Waals surface area contributed by atoms with Crippen molar-refractivity contribution in [3.05, 3.63) is 41.6 Å². The van der Waals surface area contributed by atoms with Gasteiger partial charge in [-0.05, 0) is 46.2 Å². The molecule has 150 valence electrons. The lowest BCUT2D eigenvalue weighted by molar-refractivity contribution is 0.0293. The molecular formula is C21H28N4O3. The Hall–Kier alpha value is -2.96. The van der Waals surface area contributed by atoms with Gasteiger partial charge in [0.1, 0.15) is 5.60 Å². The predicted octanol–water partition coefficient (Wildman–Crippen LogP) is 3.51. The fraction of sp³-hybridized carbons (Fsp3) is 0.429. The van der Waals surface area contributed by atoms with Crippen LogP contribution in [0.15, 0.2) is 30.3 Å². The lowest BCUT2D eigenvalue weighted by Gasteiger charge is -2.24. The van der Waals surface area contributed by atoms with Gasteiger partial charge in [0.05, 0.1) is 5.56 Å². The minimum Gasteiger partial charge on any atom is -0.444 e. The molecule has 1 saturated heterocycles. The predicted molar refractivity (Wildman–Crippen MR) is 109 cm³/mol. The van der Waals surface area contributed by atoms with Crippen LogP contribution >= 0.6 is 0 Å². The second kappa shape index (κ2) is 7.58. The van der Waals surface area contributed by atoms with E-state index in [0.717, 1.165) is 29.1 Å². The number of aromatic amines is 1. The van der Waals surface area contributed by atoms with E-state index in [2.05, 4.69) is 10.3 Å². The summed E-state index contributed by atoms with van der Waals surface area (Å²) in [6, 6.07) is 9.78. The first-order valence-electron chi connectivity index (χ1n) is 9.47. The Kier molecular flexibility index (Phi) is 5.36. The molecule has 7 heteroatoms. The number of aromatic nitrogens is 1. The molecule has 1 atom stereocenters. The zero-order valence-corrected chi connectivity index (χ0v) is 16.8. The maximum Gasteiger partial charge on any atom is 0.410 e. The number of amides is 2. The summed E-state index contributed by atoms with van der Waals surface area (Å²) in [5.41, 5.74) is 8.89. The molecule has 3 rings (SSSR count). The van der Waals surface area contributed by atoms with Crippen molar-refractivity contribution in [3.8, 4) is 11.3 Å². The minimum atomic E-state index is -0.501. The Bertz CT molecular complexity index is 882. The van der Waals surface area contributed by atoms with E-state index < -0.39 is 11.5 Å². The van der Waals surface area contributed by atoms with Gasteiger partial charge in [-0.3, -0.25) is 4.79 Å². The Labute approximate surface area is 165 Å². The van der Waals surface area contributed by atoms with Crippen molar-refractivity contribution in [1.82, 2.24) is 9.88 Å². The molecule has 1 fully saturated rings. The molecule has 1 aliphatic heterocycles. The van der Waals surface area contributed by atoms with Crippen LogP contribution in [0.3, 0.4) is 0 Å². The van der Waals surface area contributed by atoms with Gasteiger partial charge in [-0.2, -0.15) is 0 Å². The van der Waals surface area contributed by atoms with Crippen LogP contribution in [-0.4, -0.2) is 46.6 Å². The van der Waals surface area contributed by atoms with Gasteiger partial charge in [0.25, 0.3) is 5.91 Å². The number of anilines is 1. The standard InChI is InChI=1S/C21H28N4O3/c1-13-16(19(22)26)11-18(23-13)15-7-5-6-8-17(15)24-14-9-10-25(12-14)20(27)28-21(2,3)4/h5-8,11,14,23-24H,9-10,12H2,1-4H3,(H2,22,26)/t14-/m1/s1. The Morgan fingerprint density at radius 3 is 2.64 bits per heavy atom. The van der Waals surface area contributed by atoms with Crippen LogP contribution in [0.1, 0.15) is 43.2 Å². The summed E-state index contributed by atoms with van der Waals surface area (Å²) in [7, 11) is 0. The molecule has 0 aliphatic carbocycles. The van der Waals surface area contributed by atoms with Crippen molar-refractivity contribution in [3.63, 3.8) is 0 Å². The Morgan fingerprint density at radius 1 is 1.29 bits per heavy atom. The number of primary amides is 1. The normalized spacial score (nSPS) is 16.9. The van der Waals surface area contributed by atoms with Crippen LogP contribution in [0.25, 0.3) is 11.3 Å². The number of ether oxygens (including phenoxy) is 1. The second-order valence-corrected chi connectivity index (χ2v) is 8.19. The van der Waals surface area contributed by atoms with Crippen molar-refractivity contribution >= 4 is 17.7 Å². The van der Waals surface area contributed by atoms with Crippen LogP contribution in [-0.2, 0) is 4.74 Å². The molecule has 28 heavy (non-hydrogen) atoms. The fourth-order valence-electron chi connectivity index (χ4n) is 3.39. The number of rotatable bonds is 4.